The van der Waals surface area contributed by atoms with E-state index in [2.05, 4.69) is 33.2 Å². The molecule has 20 heavy (non-hydrogen) atoms. The number of carboxylic acid groups (broad SMARTS) is 1. The second-order valence-electron chi connectivity index (χ2n) is 4.39. The van der Waals surface area contributed by atoms with Gasteiger partial charge in [-0.1, -0.05) is 18.5 Å². The van der Waals surface area contributed by atoms with Gasteiger partial charge in [0.15, 0.2) is 0 Å². The van der Waals surface area contributed by atoms with Crippen molar-refractivity contribution in [3.8, 4) is 0 Å². The molecule has 2 amide bonds. The lowest BCUT2D eigenvalue weighted by Crippen LogP contribution is -2.30. The molecule has 7 heteroatoms. The second kappa shape index (κ2) is 8.31. The van der Waals surface area contributed by atoms with Crippen LogP contribution in [0.25, 0.3) is 0 Å². The van der Waals surface area contributed by atoms with Crippen molar-refractivity contribution in [1.29, 1.82) is 0 Å². The molecule has 1 rings (SSSR count). The number of amides is 2. The van der Waals surface area contributed by atoms with E-state index in [0.29, 0.717) is 30.1 Å². The quantitative estimate of drug-likeness (QED) is 0.495. The molecule has 0 saturated carbocycles. The van der Waals surface area contributed by atoms with Crippen LogP contribution >= 0.6 is 34.2 Å². The predicted molar refractivity (Wildman–Crippen MR) is 87.2 cm³/mol. The van der Waals surface area contributed by atoms with Gasteiger partial charge in [-0.15, -0.1) is 0 Å². The van der Waals surface area contributed by atoms with E-state index in [0.717, 1.165) is 3.57 Å². The fraction of sp³-hybridized carbons (Fsp3) is 0.385. The van der Waals surface area contributed by atoms with Gasteiger partial charge < -0.3 is 15.7 Å². The van der Waals surface area contributed by atoms with E-state index in [1.54, 1.807) is 19.1 Å². The number of hydrogen-bond donors (Lipinski definition) is 3. The number of benzene rings is 1. The number of urea groups is 1. The maximum Gasteiger partial charge on any atom is 0.319 e. The molecule has 0 aliphatic heterocycles. The highest BCUT2D eigenvalue weighted by molar-refractivity contribution is 14.1. The minimum Gasteiger partial charge on any atom is -0.481 e. The van der Waals surface area contributed by atoms with Crippen molar-refractivity contribution in [2.24, 2.45) is 5.92 Å². The minimum atomic E-state index is -0.819. The maximum absolute atomic E-state index is 11.6. The monoisotopic (exact) mass is 410 g/mol. The first-order chi connectivity index (χ1) is 9.40. The Morgan fingerprint density at radius 2 is 2.15 bits per heavy atom. The Hall–Kier alpha value is -1.02. The summed E-state index contributed by atoms with van der Waals surface area (Å²) in [6.45, 7) is 2.07. The molecule has 1 unspecified atom stereocenters. The summed E-state index contributed by atoms with van der Waals surface area (Å²) in [4.78, 5) is 22.2. The molecule has 1 atom stereocenters. The number of carbonyl (C=O) groups excluding carboxylic acids is 1. The first-order valence-electron chi connectivity index (χ1n) is 6.13. The molecule has 0 aromatic heterocycles. The molecule has 0 spiro atoms. The van der Waals surface area contributed by atoms with E-state index in [1.165, 1.54) is 0 Å². The van der Waals surface area contributed by atoms with Gasteiger partial charge in [-0.05, 0) is 53.6 Å². The van der Waals surface area contributed by atoms with E-state index >= 15 is 0 Å². The zero-order valence-electron chi connectivity index (χ0n) is 11.0. The van der Waals surface area contributed by atoms with Crippen LogP contribution in [-0.4, -0.2) is 23.7 Å². The molecule has 3 N–H and O–H groups in total. The van der Waals surface area contributed by atoms with E-state index in [4.69, 9.17) is 16.7 Å². The molecule has 0 aliphatic carbocycles. The van der Waals surface area contributed by atoms with Crippen LogP contribution in [0.4, 0.5) is 10.5 Å². The summed E-state index contributed by atoms with van der Waals surface area (Å²) < 4.78 is 0.987. The maximum atomic E-state index is 11.6. The largest absolute Gasteiger partial charge is 0.481 e. The van der Waals surface area contributed by atoms with Crippen molar-refractivity contribution in [3.63, 3.8) is 0 Å². The van der Waals surface area contributed by atoms with Gasteiger partial charge in [-0.2, -0.15) is 0 Å². The molecule has 0 saturated heterocycles. The van der Waals surface area contributed by atoms with Crippen molar-refractivity contribution in [3.05, 3.63) is 26.8 Å². The lowest BCUT2D eigenvalue weighted by atomic mass is 10.1. The fourth-order valence-corrected chi connectivity index (χ4v) is 2.39. The van der Waals surface area contributed by atoms with E-state index in [1.807, 2.05) is 6.07 Å². The lowest BCUT2D eigenvalue weighted by molar-refractivity contribution is -0.141. The normalized spacial score (nSPS) is 11.8. The van der Waals surface area contributed by atoms with Gasteiger partial charge in [0.05, 0.1) is 16.6 Å². The first-order valence-corrected chi connectivity index (χ1v) is 7.58. The van der Waals surface area contributed by atoms with Crippen molar-refractivity contribution >= 4 is 51.9 Å². The average Bonchev–Trinajstić information content (AvgIpc) is 2.37. The highest BCUT2D eigenvalue weighted by Gasteiger charge is 2.10. The van der Waals surface area contributed by atoms with Gasteiger partial charge in [-0.3, -0.25) is 4.79 Å². The number of carbonyl (C=O) groups is 2. The van der Waals surface area contributed by atoms with E-state index in [-0.39, 0.29) is 6.03 Å². The fourth-order valence-electron chi connectivity index (χ4n) is 1.49. The Kier molecular flexibility index (Phi) is 7.08. The van der Waals surface area contributed by atoms with Gasteiger partial charge >= 0.3 is 12.0 Å². The molecule has 0 fully saturated rings. The van der Waals surface area contributed by atoms with E-state index in [9.17, 15) is 9.59 Å². The van der Waals surface area contributed by atoms with Gasteiger partial charge in [0.25, 0.3) is 0 Å². The van der Waals surface area contributed by atoms with E-state index < -0.39 is 11.9 Å². The lowest BCUT2D eigenvalue weighted by Gasteiger charge is -2.10. The van der Waals surface area contributed by atoms with Crippen LogP contribution in [0.2, 0.25) is 5.02 Å². The summed E-state index contributed by atoms with van der Waals surface area (Å²) in [6.07, 6.45) is 1.14. The summed E-state index contributed by atoms with van der Waals surface area (Å²) in [6, 6.07) is 4.98. The van der Waals surface area contributed by atoms with Gasteiger partial charge in [-0.25, -0.2) is 4.79 Å². The number of halogens is 2. The van der Waals surface area contributed by atoms with Crippen LogP contribution in [0, 0.1) is 9.49 Å². The van der Waals surface area contributed by atoms with Crippen molar-refractivity contribution < 1.29 is 14.7 Å². The third-order valence-corrected chi connectivity index (χ3v) is 3.68. The molecule has 1 aromatic rings. The summed E-state index contributed by atoms with van der Waals surface area (Å²) >= 11 is 8.13. The van der Waals surface area contributed by atoms with Crippen molar-refractivity contribution in [2.45, 2.75) is 19.8 Å². The van der Waals surface area contributed by atoms with Gasteiger partial charge in [0.2, 0.25) is 0 Å². The Bertz CT molecular complexity index is 497. The number of aliphatic carboxylic acids is 1. The molecule has 0 aliphatic rings. The third kappa shape index (κ3) is 5.96. The summed E-state index contributed by atoms with van der Waals surface area (Å²) in [7, 11) is 0. The minimum absolute atomic E-state index is 0.351. The molecule has 5 nitrogen and oxygen atoms in total. The number of nitrogens with one attached hydrogen (secondary N) is 2. The van der Waals surface area contributed by atoms with Crippen LogP contribution in [-0.2, 0) is 4.79 Å². The number of rotatable bonds is 6. The molecular weight excluding hydrogens is 395 g/mol. The summed E-state index contributed by atoms with van der Waals surface area (Å²) in [5.41, 5.74) is 0.545. The van der Waals surface area contributed by atoms with Crippen molar-refractivity contribution in [1.82, 2.24) is 5.32 Å². The van der Waals surface area contributed by atoms with Gasteiger partial charge in [0, 0.05) is 10.1 Å². The molecular formula is C13H16ClIN2O3. The van der Waals surface area contributed by atoms with Crippen molar-refractivity contribution in [2.75, 3.05) is 11.9 Å². The van der Waals surface area contributed by atoms with Crippen LogP contribution < -0.4 is 10.6 Å². The number of hydrogen-bond acceptors (Lipinski definition) is 2. The highest BCUT2D eigenvalue weighted by Crippen LogP contribution is 2.23. The Morgan fingerprint density at radius 1 is 1.45 bits per heavy atom. The Balaban J connectivity index is 2.32. The highest BCUT2D eigenvalue weighted by atomic mass is 127. The molecule has 0 radical (unpaired) electrons. The average molecular weight is 411 g/mol. The van der Waals surface area contributed by atoms with Crippen LogP contribution in [0.1, 0.15) is 19.8 Å². The van der Waals surface area contributed by atoms with Crippen LogP contribution in [0.5, 0.6) is 0 Å². The SMILES string of the molecule is CC(CCCNC(=O)Nc1ccc(I)cc1Cl)C(=O)O. The van der Waals surface area contributed by atoms with Crippen LogP contribution in [0.3, 0.4) is 0 Å². The molecule has 1 aromatic carbocycles. The second-order valence-corrected chi connectivity index (χ2v) is 6.04. The molecule has 0 bridgehead atoms. The summed E-state index contributed by atoms with van der Waals surface area (Å²) in [5, 5.41) is 14.5. The molecule has 110 valence electrons. The van der Waals surface area contributed by atoms with Gasteiger partial charge in [0.1, 0.15) is 0 Å². The van der Waals surface area contributed by atoms with Crippen LogP contribution in [0.15, 0.2) is 18.2 Å². The summed E-state index contributed by atoms with van der Waals surface area (Å²) in [5.74, 6) is -1.22. The standard InChI is InChI=1S/C13H16ClIN2O3/c1-8(12(18)19)3-2-6-16-13(20)17-11-5-4-9(15)7-10(11)14/h4-5,7-8H,2-3,6H2,1H3,(H,18,19)(H2,16,17,20). The third-order valence-electron chi connectivity index (χ3n) is 2.70. The zero-order chi connectivity index (χ0) is 15.1. The molecule has 0 heterocycles. The number of carboxylic acids is 1. The first kappa shape index (κ1) is 17.0. The topological polar surface area (TPSA) is 78.4 Å². The Labute approximate surface area is 136 Å². The zero-order valence-corrected chi connectivity index (χ0v) is 13.9. The Morgan fingerprint density at radius 3 is 2.75 bits per heavy atom. The smallest absolute Gasteiger partial charge is 0.319 e. The number of anilines is 1. The predicted octanol–water partition coefficient (Wildman–Crippen LogP) is 3.57.